The van der Waals surface area contributed by atoms with Crippen molar-refractivity contribution >= 4 is 32.9 Å². The number of fused-ring (bicyclic) bond motifs is 1. The number of benzene rings is 1. The number of pyridine rings is 1. The van der Waals surface area contributed by atoms with Gasteiger partial charge in [-0.05, 0) is 26.0 Å². The molecule has 0 spiro atoms. The second-order valence-electron chi connectivity index (χ2n) is 4.96. The first-order valence-corrected chi connectivity index (χ1v) is 7.40. The van der Waals surface area contributed by atoms with Crippen LogP contribution in [0.4, 0.5) is 5.69 Å². The molecule has 0 atom stereocenters. The van der Waals surface area contributed by atoms with Crippen LogP contribution in [0.1, 0.15) is 13.8 Å². The fraction of sp³-hybridized carbons (Fsp3) is 0.231. The van der Waals surface area contributed by atoms with Crippen LogP contribution in [-0.4, -0.2) is 34.6 Å². The Morgan fingerprint density at radius 3 is 2.43 bits per heavy atom. The van der Waals surface area contributed by atoms with E-state index < -0.39 is 21.8 Å². The van der Waals surface area contributed by atoms with Crippen molar-refractivity contribution in [1.29, 1.82) is 0 Å². The summed E-state index contributed by atoms with van der Waals surface area (Å²) >= 11 is 0. The van der Waals surface area contributed by atoms with E-state index >= 15 is 0 Å². The molecule has 0 aliphatic heterocycles. The van der Waals surface area contributed by atoms with Crippen LogP contribution in [0, 0.1) is 0 Å². The summed E-state index contributed by atoms with van der Waals surface area (Å²) in [4.78, 5) is 15.5. The summed E-state index contributed by atoms with van der Waals surface area (Å²) in [6.07, 6.45) is 1.46. The minimum Gasteiger partial charge on any atom is -0.479 e. The standard InChI is InChI=1S/C13H14N2O5S/c1-13(2,12(16)17)15(21(18,19)20)10-7-3-5-9-6-4-8-14-11(9)10/h3-8H,1-2H3,(H,16,17)(H,18,19,20). The molecule has 2 N–H and O–H groups in total. The maximum Gasteiger partial charge on any atom is 0.361 e. The van der Waals surface area contributed by atoms with Gasteiger partial charge < -0.3 is 5.11 Å². The minimum atomic E-state index is -4.80. The predicted molar refractivity (Wildman–Crippen MR) is 77.5 cm³/mol. The summed E-state index contributed by atoms with van der Waals surface area (Å²) in [6, 6.07) is 8.05. The molecular formula is C13H14N2O5S. The number of para-hydroxylation sites is 1. The molecule has 0 saturated heterocycles. The van der Waals surface area contributed by atoms with Crippen molar-refractivity contribution in [2.24, 2.45) is 0 Å². The second kappa shape index (κ2) is 4.97. The van der Waals surface area contributed by atoms with Gasteiger partial charge in [-0.2, -0.15) is 8.42 Å². The SMILES string of the molecule is CC(C)(C(=O)O)N(c1cccc2cccnc12)S(=O)(=O)O. The number of aromatic nitrogens is 1. The number of anilines is 1. The highest BCUT2D eigenvalue weighted by Gasteiger charge is 2.42. The first-order chi connectivity index (χ1) is 9.65. The van der Waals surface area contributed by atoms with Gasteiger partial charge in [0.1, 0.15) is 5.54 Å². The van der Waals surface area contributed by atoms with E-state index in [9.17, 15) is 22.9 Å². The Kier molecular flexibility index (Phi) is 3.60. The summed E-state index contributed by atoms with van der Waals surface area (Å²) in [5, 5.41) is 9.90. The van der Waals surface area contributed by atoms with E-state index in [0.717, 1.165) is 0 Å². The van der Waals surface area contributed by atoms with Crippen LogP contribution in [0.3, 0.4) is 0 Å². The topological polar surface area (TPSA) is 108 Å². The van der Waals surface area contributed by atoms with Gasteiger partial charge in [0, 0.05) is 11.6 Å². The van der Waals surface area contributed by atoms with Crippen LogP contribution < -0.4 is 4.31 Å². The molecule has 2 aromatic rings. The maximum atomic E-state index is 11.7. The Bertz CT molecular complexity index is 796. The van der Waals surface area contributed by atoms with Crippen LogP contribution in [0.2, 0.25) is 0 Å². The summed E-state index contributed by atoms with van der Waals surface area (Å²) in [5.41, 5.74) is -1.59. The zero-order valence-corrected chi connectivity index (χ0v) is 12.2. The van der Waals surface area contributed by atoms with Gasteiger partial charge in [0.25, 0.3) is 0 Å². The lowest BCUT2D eigenvalue weighted by molar-refractivity contribution is -0.141. The Morgan fingerprint density at radius 2 is 1.86 bits per heavy atom. The molecule has 1 aromatic heterocycles. The minimum absolute atomic E-state index is 0.00278. The van der Waals surface area contributed by atoms with Crippen molar-refractivity contribution in [3.8, 4) is 0 Å². The first-order valence-electron chi connectivity index (χ1n) is 6.00. The summed E-state index contributed by atoms with van der Waals surface area (Å²) in [5.74, 6) is -1.40. The molecule has 0 saturated carbocycles. The lowest BCUT2D eigenvalue weighted by Crippen LogP contribution is -2.53. The van der Waals surface area contributed by atoms with Crippen molar-refractivity contribution in [1.82, 2.24) is 4.98 Å². The Morgan fingerprint density at radius 1 is 1.24 bits per heavy atom. The molecule has 0 amide bonds. The zero-order valence-electron chi connectivity index (χ0n) is 11.4. The van der Waals surface area contributed by atoms with Crippen LogP contribution in [0.15, 0.2) is 36.5 Å². The van der Waals surface area contributed by atoms with E-state index in [1.54, 1.807) is 24.3 Å². The third-order valence-electron chi connectivity index (χ3n) is 3.09. The second-order valence-corrected chi connectivity index (χ2v) is 6.22. The molecule has 0 aliphatic carbocycles. The number of hydrogen-bond donors (Lipinski definition) is 2. The highest BCUT2D eigenvalue weighted by Crippen LogP contribution is 2.32. The molecule has 0 aliphatic rings. The predicted octanol–water partition coefficient (Wildman–Crippen LogP) is 1.71. The van der Waals surface area contributed by atoms with Gasteiger partial charge in [-0.15, -0.1) is 0 Å². The number of carboxylic acids is 1. The molecule has 0 unspecified atom stereocenters. The number of carbonyl (C=O) groups is 1. The van der Waals surface area contributed by atoms with Crippen molar-refractivity contribution in [3.05, 3.63) is 36.5 Å². The summed E-state index contributed by atoms with van der Waals surface area (Å²) in [7, 11) is -4.80. The van der Waals surface area contributed by atoms with E-state index in [0.29, 0.717) is 9.69 Å². The Hall–Kier alpha value is -2.19. The van der Waals surface area contributed by atoms with E-state index in [2.05, 4.69) is 4.98 Å². The lowest BCUT2D eigenvalue weighted by atomic mass is 10.0. The Balaban J connectivity index is 2.81. The molecule has 2 rings (SSSR count). The molecule has 1 heterocycles. The van der Waals surface area contributed by atoms with Crippen molar-refractivity contribution < 1.29 is 22.9 Å². The van der Waals surface area contributed by atoms with Gasteiger partial charge in [0.15, 0.2) is 0 Å². The zero-order chi connectivity index (χ0) is 15.8. The summed E-state index contributed by atoms with van der Waals surface area (Å²) < 4.78 is 33.4. The molecule has 8 heteroatoms. The van der Waals surface area contributed by atoms with Crippen LogP contribution in [-0.2, 0) is 15.1 Å². The van der Waals surface area contributed by atoms with Crippen molar-refractivity contribution in [2.45, 2.75) is 19.4 Å². The Labute approximate surface area is 121 Å². The molecular weight excluding hydrogens is 296 g/mol. The molecule has 0 bridgehead atoms. The van der Waals surface area contributed by atoms with Gasteiger partial charge in [-0.3, -0.25) is 9.54 Å². The van der Waals surface area contributed by atoms with Gasteiger partial charge >= 0.3 is 16.3 Å². The van der Waals surface area contributed by atoms with Crippen LogP contribution in [0.5, 0.6) is 0 Å². The molecule has 7 nitrogen and oxygen atoms in total. The molecule has 1 aromatic carbocycles. The fourth-order valence-electron chi connectivity index (χ4n) is 2.05. The number of nitrogens with zero attached hydrogens (tertiary/aromatic N) is 2. The van der Waals surface area contributed by atoms with E-state index in [-0.39, 0.29) is 11.2 Å². The quantitative estimate of drug-likeness (QED) is 0.832. The summed E-state index contributed by atoms with van der Waals surface area (Å²) in [6.45, 7) is 2.37. The number of aliphatic carboxylic acids is 1. The fourth-order valence-corrected chi connectivity index (χ4v) is 3.10. The highest BCUT2D eigenvalue weighted by molar-refractivity contribution is 7.87. The van der Waals surface area contributed by atoms with Crippen LogP contribution >= 0.6 is 0 Å². The monoisotopic (exact) mass is 310 g/mol. The van der Waals surface area contributed by atoms with Crippen molar-refractivity contribution in [2.75, 3.05) is 4.31 Å². The third-order valence-corrected chi connectivity index (χ3v) is 4.21. The number of hydrogen-bond acceptors (Lipinski definition) is 4. The van der Waals surface area contributed by atoms with Crippen molar-refractivity contribution in [3.63, 3.8) is 0 Å². The van der Waals surface area contributed by atoms with Crippen LogP contribution in [0.25, 0.3) is 10.9 Å². The van der Waals surface area contributed by atoms with Gasteiger partial charge in [0.05, 0.1) is 11.2 Å². The highest BCUT2D eigenvalue weighted by atomic mass is 32.2. The van der Waals surface area contributed by atoms with Gasteiger partial charge in [-0.25, -0.2) is 9.10 Å². The van der Waals surface area contributed by atoms with E-state index in [1.165, 1.54) is 26.1 Å². The maximum absolute atomic E-state index is 11.7. The average molecular weight is 310 g/mol. The average Bonchev–Trinajstić information content (AvgIpc) is 2.37. The smallest absolute Gasteiger partial charge is 0.361 e. The first kappa shape index (κ1) is 15.2. The largest absolute Gasteiger partial charge is 0.479 e. The molecule has 112 valence electrons. The van der Waals surface area contributed by atoms with E-state index in [4.69, 9.17) is 0 Å². The van der Waals surface area contributed by atoms with Gasteiger partial charge in [0.2, 0.25) is 0 Å². The van der Waals surface area contributed by atoms with Gasteiger partial charge in [-0.1, -0.05) is 18.2 Å². The molecule has 21 heavy (non-hydrogen) atoms. The molecule has 0 fully saturated rings. The van der Waals surface area contributed by atoms with E-state index in [1.807, 2.05) is 0 Å². The number of carboxylic acid groups (broad SMARTS) is 1. The normalized spacial score (nSPS) is 12.3. The molecule has 0 radical (unpaired) electrons. The lowest BCUT2D eigenvalue weighted by Gasteiger charge is -2.33. The number of rotatable bonds is 4. The third kappa shape index (κ3) is 2.67.